The highest BCUT2D eigenvalue weighted by Gasteiger charge is 2.34. The predicted octanol–water partition coefficient (Wildman–Crippen LogP) is 3.67. The summed E-state index contributed by atoms with van der Waals surface area (Å²) in [5, 5.41) is 0. The Balaban J connectivity index is 1.72. The van der Waals surface area contributed by atoms with Crippen LogP contribution in [0.2, 0.25) is 0 Å². The van der Waals surface area contributed by atoms with Crippen LogP contribution in [0.5, 0.6) is 0 Å². The van der Waals surface area contributed by atoms with Gasteiger partial charge in [-0.2, -0.15) is 0 Å². The average molecular weight is 271 g/mol. The van der Waals surface area contributed by atoms with Crippen LogP contribution in [0.1, 0.15) is 52.7 Å². The Hall–Kier alpha value is -1.15. The van der Waals surface area contributed by atoms with Crippen molar-refractivity contribution in [2.45, 2.75) is 52.5 Å². The number of aryl methyl sites for hydroxylation is 3. The van der Waals surface area contributed by atoms with Gasteiger partial charge in [-0.25, -0.2) is 0 Å². The molecule has 2 aliphatic carbocycles. The normalized spacial score (nSPS) is 18.6. The number of hydrogen-bond donors (Lipinski definition) is 0. The lowest BCUT2D eigenvalue weighted by molar-refractivity contribution is 0.0920. The second-order valence-electron chi connectivity index (χ2n) is 6.78. The molecule has 2 saturated carbocycles. The second-order valence-corrected chi connectivity index (χ2v) is 6.78. The minimum atomic E-state index is 0.304. The largest absolute Gasteiger partial charge is 0.293 e. The van der Waals surface area contributed by atoms with Gasteiger partial charge in [0, 0.05) is 18.2 Å². The maximum absolute atomic E-state index is 12.6. The first kappa shape index (κ1) is 13.8. The zero-order valence-corrected chi connectivity index (χ0v) is 12.9. The zero-order valence-electron chi connectivity index (χ0n) is 12.9. The maximum atomic E-state index is 12.6. The van der Waals surface area contributed by atoms with Crippen LogP contribution >= 0.6 is 0 Å². The molecule has 0 bridgehead atoms. The minimum absolute atomic E-state index is 0.304. The highest BCUT2D eigenvalue weighted by Crippen LogP contribution is 2.34. The number of carbonyl (C=O) groups is 1. The van der Waals surface area contributed by atoms with E-state index in [9.17, 15) is 4.79 Å². The summed E-state index contributed by atoms with van der Waals surface area (Å²) in [6.45, 7) is 8.02. The number of carbonyl (C=O) groups excluding carboxylic acids is 1. The van der Waals surface area contributed by atoms with E-state index >= 15 is 0 Å². The van der Waals surface area contributed by atoms with E-state index in [0.29, 0.717) is 18.4 Å². The summed E-state index contributed by atoms with van der Waals surface area (Å²) in [7, 11) is 0. The van der Waals surface area contributed by atoms with Gasteiger partial charge in [0.1, 0.15) is 0 Å². The standard InChI is InChI=1S/C18H25NO/c1-12-8-14(3)17(9-13(12)2)18(20)11-19(16-6-7-16)10-15-4-5-15/h8-9,15-16H,4-7,10-11H2,1-3H3. The van der Waals surface area contributed by atoms with Crippen molar-refractivity contribution in [1.29, 1.82) is 0 Å². The topological polar surface area (TPSA) is 20.3 Å². The summed E-state index contributed by atoms with van der Waals surface area (Å²) in [6, 6.07) is 4.91. The maximum Gasteiger partial charge on any atom is 0.177 e. The second kappa shape index (κ2) is 5.33. The van der Waals surface area contributed by atoms with E-state index in [1.54, 1.807) is 0 Å². The van der Waals surface area contributed by atoms with Crippen molar-refractivity contribution in [2.24, 2.45) is 5.92 Å². The molecule has 2 fully saturated rings. The van der Waals surface area contributed by atoms with Gasteiger partial charge < -0.3 is 0 Å². The molecule has 3 rings (SSSR count). The molecule has 2 heteroatoms. The Labute approximate surface area is 122 Å². The summed E-state index contributed by atoms with van der Waals surface area (Å²) >= 11 is 0. The molecule has 108 valence electrons. The van der Waals surface area contributed by atoms with Crippen molar-refractivity contribution in [3.63, 3.8) is 0 Å². The molecular formula is C18H25NO. The summed E-state index contributed by atoms with van der Waals surface area (Å²) in [6.07, 6.45) is 5.29. The number of Topliss-reactive ketones (excluding diaryl/α,β-unsaturated/α-hetero) is 1. The molecule has 1 aromatic carbocycles. The van der Waals surface area contributed by atoms with Gasteiger partial charge in [0.2, 0.25) is 0 Å². The van der Waals surface area contributed by atoms with Crippen LogP contribution in [-0.2, 0) is 0 Å². The first-order valence-electron chi connectivity index (χ1n) is 7.89. The van der Waals surface area contributed by atoms with Crippen molar-refractivity contribution in [2.75, 3.05) is 13.1 Å². The van der Waals surface area contributed by atoms with Gasteiger partial charge in [0.05, 0.1) is 6.54 Å². The van der Waals surface area contributed by atoms with Crippen LogP contribution in [0.3, 0.4) is 0 Å². The number of rotatable bonds is 6. The van der Waals surface area contributed by atoms with Crippen LogP contribution < -0.4 is 0 Å². The zero-order chi connectivity index (χ0) is 14.3. The van der Waals surface area contributed by atoms with Gasteiger partial charge in [-0.1, -0.05) is 6.07 Å². The molecule has 0 aliphatic heterocycles. The van der Waals surface area contributed by atoms with E-state index in [1.165, 1.54) is 36.8 Å². The smallest absolute Gasteiger partial charge is 0.177 e. The average Bonchev–Trinajstić information content (AvgIpc) is 3.25. The lowest BCUT2D eigenvalue weighted by Crippen LogP contribution is -2.34. The number of benzene rings is 1. The third-order valence-corrected chi connectivity index (χ3v) is 4.74. The molecule has 0 amide bonds. The SMILES string of the molecule is Cc1cc(C)c(C(=O)CN(CC2CC2)C2CC2)cc1C. The van der Waals surface area contributed by atoms with Gasteiger partial charge in [-0.3, -0.25) is 9.69 Å². The number of nitrogens with zero attached hydrogens (tertiary/aromatic N) is 1. The van der Waals surface area contributed by atoms with Crippen molar-refractivity contribution < 1.29 is 4.79 Å². The summed E-state index contributed by atoms with van der Waals surface area (Å²) < 4.78 is 0. The summed E-state index contributed by atoms with van der Waals surface area (Å²) in [5.74, 6) is 1.17. The van der Waals surface area contributed by atoms with E-state index in [2.05, 4.69) is 37.8 Å². The Morgan fingerprint density at radius 2 is 1.70 bits per heavy atom. The van der Waals surface area contributed by atoms with Gasteiger partial charge in [0.25, 0.3) is 0 Å². The molecule has 0 heterocycles. The molecular weight excluding hydrogens is 246 g/mol. The molecule has 2 aliphatic rings. The summed E-state index contributed by atoms with van der Waals surface area (Å²) in [4.78, 5) is 15.1. The van der Waals surface area contributed by atoms with E-state index in [-0.39, 0.29) is 0 Å². The van der Waals surface area contributed by atoms with Crippen molar-refractivity contribution in [3.05, 3.63) is 34.4 Å². The molecule has 0 aromatic heterocycles. The van der Waals surface area contributed by atoms with Crippen LogP contribution in [0.15, 0.2) is 12.1 Å². The monoisotopic (exact) mass is 271 g/mol. The van der Waals surface area contributed by atoms with E-state index < -0.39 is 0 Å². The number of hydrogen-bond acceptors (Lipinski definition) is 2. The molecule has 0 radical (unpaired) electrons. The van der Waals surface area contributed by atoms with Gasteiger partial charge in [-0.15, -0.1) is 0 Å². The summed E-state index contributed by atoms with van der Waals surface area (Å²) in [5.41, 5.74) is 4.55. The van der Waals surface area contributed by atoms with Crippen LogP contribution in [-0.4, -0.2) is 29.8 Å². The lowest BCUT2D eigenvalue weighted by atomic mass is 9.98. The van der Waals surface area contributed by atoms with Gasteiger partial charge >= 0.3 is 0 Å². The molecule has 0 spiro atoms. The highest BCUT2D eigenvalue weighted by molar-refractivity contribution is 5.99. The molecule has 0 unspecified atom stereocenters. The van der Waals surface area contributed by atoms with Crippen LogP contribution in [0, 0.1) is 26.7 Å². The van der Waals surface area contributed by atoms with E-state index in [4.69, 9.17) is 0 Å². The Morgan fingerprint density at radius 1 is 1.05 bits per heavy atom. The fourth-order valence-electron chi connectivity index (χ4n) is 2.95. The van der Waals surface area contributed by atoms with Gasteiger partial charge in [0.15, 0.2) is 5.78 Å². The first-order valence-corrected chi connectivity index (χ1v) is 7.89. The molecule has 0 saturated heterocycles. The Morgan fingerprint density at radius 3 is 2.30 bits per heavy atom. The molecule has 1 aromatic rings. The highest BCUT2D eigenvalue weighted by atomic mass is 16.1. The van der Waals surface area contributed by atoms with Crippen molar-refractivity contribution >= 4 is 5.78 Å². The molecule has 2 nitrogen and oxygen atoms in total. The van der Waals surface area contributed by atoms with Crippen molar-refractivity contribution in [3.8, 4) is 0 Å². The molecule has 0 N–H and O–H groups in total. The van der Waals surface area contributed by atoms with Crippen LogP contribution in [0.25, 0.3) is 0 Å². The fourth-order valence-corrected chi connectivity index (χ4v) is 2.95. The third-order valence-electron chi connectivity index (χ3n) is 4.74. The van der Waals surface area contributed by atoms with Crippen molar-refractivity contribution in [1.82, 2.24) is 4.90 Å². The molecule has 20 heavy (non-hydrogen) atoms. The van der Waals surface area contributed by atoms with Gasteiger partial charge in [-0.05, 0) is 75.1 Å². The molecule has 0 atom stereocenters. The number of ketones is 1. The minimum Gasteiger partial charge on any atom is -0.293 e. The van der Waals surface area contributed by atoms with Crippen LogP contribution in [0.4, 0.5) is 0 Å². The lowest BCUT2D eigenvalue weighted by Gasteiger charge is -2.21. The fraction of sp³-hybridized carbons (Fsp3) is 0.611. The first-order chi connectivity index (χ1) is 9.54. The Bertz CT molecular complexity index is 526. The van der Waals surface area contributed by atoms with E-state index in [0.717, 1.165) is 23.6 Å². The third kappa shape index (κ3) is 3.12. The van der Waals surface area contributed by atoms with E-state index in [1.807, 2.05) is 0 Å². The predicted molar refractivity (Wildman–Crippen MR) is 82.3 cm³/mol. The Kier molecular flexibility index (Phi) is 3.68. The quantitative estimate of drug-likeness (QED) is 0.736.